The fourth-order valence-electron chi connectivity index (χ4n) is 2.53. The molecule has 18 heavy (non-hydrogen) atoms. The van der Waals surface area contributed by atoms with Gasteiger partial charge in [-0.05, 0) is 25.3 Å². The van der Waals surface area contributed by atoms with E-state index in [1.54, 1.807) is 0 Å². The highest BCUT2D eigenvalue weighted by Gasteiger charge is 2.23. The first-order chi connectivity index (χ1) is 8.63. The third-order valence-electron chi connectivity index (χ3n) is 3.58. The SMILES string of the molecule is NCCCC(=O)N[C@@H](CC1CCCCC1)C(N)=O. The zero-order valence-corrected chi connectivity index (χ0v) is 11.0. The number of rotatable bonds is 7. The normalized spacial score (nSPS) is 18.3. The molecule has 0 heterocycles. The van der Waals surface area contributed by atoms with Gasteiger partial charge in [0.25, 0.3) is 0 Å². The van der Waals surface area contributed by atoms with E-state index in [0.717, 1.165) is 12.8 Å². The predicted octanol–water partition coefficient (Wildman–Crippen LogP) is 0.666. The maximum absolute atomic E-state index is 11.6. The van der Waals surface area contributed by atoms with Gasteiger partial charge in [0.1, 0.15) is 6.04 Å². The molecule has 5 heteroatoms. The molecular weight excluding hydrogens is 230 g/mol. The minimum atomic E-state index is -0.515. The van der Waals surface area contributed by atoms with E-state index in [4.69, 9.17) is 11.5 Å². The van der Waals surface area contributed by atoms with Gasteiger partial charge in [-0.2, -0.15) is 0 Å². The number of hydrogen-bond donors (Lipinski definition) is 3. The molecule has 1 rings (SSSR count). The van der Waals surface area contributed by atoms with Gasteiger partial charge in [-0.1, -0.05) is 32.1 Å². The smallest absolute Gasteiger partial charge is 0.240 e. The highest BCUT2D eigenvalue weighted by atomic mass is 16.2. The molecule has 0 aliphatic heterocycles. The summed E-state index contributed by atoms with van der Waals surface area (Å²) in [5.74, 6) is -0.0345. The minimum Gasteiger partial charge on any atom is -0.368 e. The Labute approximate surface area is 109 Å². The molecule has 1 aliphatic rings. The van der Waals surface area contributed by atoms with Crippen LogP contribution in [0.5, 0.6) is 0 Å². The summed E-state index contributed by atoms with van der Waals surface area (Å²) < 4.78 is 0. The van der Waals surface area contributed by atoms with Crippen molar-refractivity contribution in [2.45, 2.75) is 57.4 Å². The Morgan fingerprint density at radius 1 is 1.22 bits per heavy atom. The van der Waals surface area contributed by atoms with Crippen molar-refractivity contribution in [3.05, 3.63) is 0 Å². The lowest BCUT2D eigenvalue weighted by molar-refractivity contribution is -0.127. The van der Waals surface area contributed by atoms with Gasteiger partial charge >= 0.3 is 0 Å². The zero-order chi connectivity index (χ0) is 13.4. The van der Waals surface area contributed by atoms with Crippen LogP contribution in [0.2, 0.25) is 0 Å². The lowest BCUT2D eigenvalue weighted by Gasteiger charge is -2.25. The third-order valence-corrected chi connectivity index (χ3v) is 3.58. The summed E-state index contributed by atoms with van der Waals surface area (Å²) in [7, 11) is 0. The highest BCUT2D eigenvalue weighted by Crippen LogP contribution is 2.27. The van der Waals surface area contributed by atoms with E-state index in [1.165, 1.54) is 19.3 Å². The molecule has 1 saturated carbocycles. The average molecular weight is 255 g/mol. The van der Waals surface area contributed by atoms with Crippen LogP contribution in [-0.2, 0) is 9.59 Å². The number of amides is 2. The second-order valence-electron chi connectivity index (χ2n) is 5.15. The topological polar surface area (TPSA) is 98.2 Å². The standard InChI is InChI=1S/C13H25N3O2/c14-8-4-7-12(17)16-11(13(15)18)9-10-5-2-1-3-6-10/h10-11H,1-9,14H2,(H2,15,18)(H,16,17)/t11-/m0/s1. The van der Waals surface area contributed by atoms with Crippen molar-refractivity contribution in [2.75, 3.05) is 6.54 Å². The van der Waals surface area contributed by atoms with Gasteiger partial charge in [0, 0.05) is 6.42 Å². The highest BCUT2D eigenvalue weighted by molar-refractivity contribution is 5.86. The Morgan fingerprint density at radius 3 is 2.44 bits per heavy atom. The summed E-state index contributed by atoms with van der Waals surface area (Å²) in [6.07, 6.45) is 7.69. The van der Waals surface area contributed by atoms with Crippen LogP contribution < -0.4 is 16.8 Å². The molecule has 2 amide bonds. The van der Waals surface area contributed by atoms with E-state index in [2.05, 4.69) is 5.32 Å². The average Bonchev–Trinajstić information content (AvgIpc) is 2.36. The van der Waals surface area contributed by atoms with Gasteiger partial charge in [0.05, 0.1) is 0 Å². The summed E-state index contributed by atoms with van der Waals surface area (Å²) in [4.78, 5) is 22.9. The summed E-state index contributed by atoms with van der Waals surface area (Å²) >= 11 is 0. The predicted molar refractivity (Wildman–Crippen MR) is 70.6 cm³/mol. The van der Waals surface area contributed by atoms with E-state index in [1.807, 2.05) is 0 Å². The quantitative estimate of drug-likeness (QED) is 0.623. The van der Waals surface area contributed by atoms with Gasteiger partial charge in [-0.15, -0.1) is 0 Å². The number of nitrogens with one attached hydrogen (secondary N) is 1. The molecule has 1 aliphatic carbocycles. The summed E-state index contributed by atoms with van der Waals surface area (Å²) in [5.41, 5.74) is 10.7. The number of nitrogens with two attached hydrogens (primary N) is 2. The Hall–Kier alpha value is -1.10. The Kier molecular flexibility index (Phi) is 6.72. The molecule has 0 saturated heterocycles. The summed E-state index contributed by atoms with van der Waals surface area (Å²) in [6.45, 7) is 0.483. The van der Waals surface area contributed by atoms with Crippen LogP contribution in [0.1, 0.15) is 51.4 Å². The van der Waals surface area contributed by atoms with Gasteiger partial charge in [0.15, 0.2) is 0 Å². The minimum absolute atomic E-state index is 0.125. The monoisotopic (exact) mass is 255 g/mol. The van der Waals surface area contributed by atoms with Crippen LogP contribution in [0.3, 0.4) is 0 Å². The van der Waals surface area contributed by atoms with Crippen LogP contribution in [0.25, 0.3) is 0 Å². The van der Waals surface area contributed by atoms with Crippen molar-refractivity contribution < 1.29 is 9.59 Å². The fraction of sp³-hybridized carbons (Fsp3) is 0.846. The molecule has 0 aromatic rings. The van der Waals surface area contributed by atoms with Gasteiger partial charge < -0.3 is 16.8 Å². The molecule has 0 spiro atoms. The van der Waals surface area contributed by atoms with Crippen molar-refractivity contribution in [3.63, 3.8) is 0 Å². The van der Waals surface area contributed by atoms with Crippen molar-refractivity contribution >= 4 is 11.8 Å². The molecule has 1 atom stereocenters. The first-order valence-corrected chi connectivity index (χ1v) is 6.92. The van der Waals surface area contributed by atoms with E-state index < -0.39 is 11.9 Å². The van der Waals surface area contributed by atoms with Gasteiger partial charge in [0.2, 0.25) is 11.8 Å². The van der Waals surface area contributed by atoms with Crippen molar-refractivity contribution in [2.24, 2.45) is 17.4 Å². The lowest BCUT2D eigenvalue weighted by Crippen LogP contribution is -2.45. The van der Waals surface area contributed by atoms with Crippen LogP contribution >= 0.6 is 0 Å². The molecule has 0 aromatic carbocycles. The van der Waals surface area contributed by atoms with Crippen LogP contribution in [0.15, 0.2) is 0 Å². The Balaban J connectivity index is 2.38. The number of hydrogen-bond acceptors (Lipinski definition) is 3. The Morgan fingerprint density at radius 2 is 1.89 bits per heavy atom. The van der Waals surface area contributed by atoms with E-state index in [0.29, 0.717) is 31.7 Å². The van der Waals surface area contributed by atoms with Crippen LogP contribution in [0.4, 0.5) is 0 Å². The van der Waals surface area contributed by atoms with Gasteiger partial charge in [-0.3, -0.25) is 9.59 Å². The lowest BCUT2D eigenvalue weighted by atomic mass is 9.84. The number of primary amides is 1. The second kappa shape index (κ2) is 8.08. The molecule has 104 valence electrons. The maximum atomic E-state index is 11.6. The first kappa shape index (κ1) is 15.0. The molecule has 1 fully saturated rings. The molecule has 0 aromatic heterocycles. The zero-order valence-electron chi connectivity index (χ0n) is 11.0. The van der Waals surface area contributed by atoms with Crippen molar-refractivity contribution in [1.29, 1.82) is 0 Å². The molecular formula is C13H25N3O2. The van der Waals surface area contributed by atoms with E-state index >= 15 is 0 Å². The largest absolute Gasteiger partial charge is 0.368 e. The molecule has 5 nitrogen and oxygen atoms in total. The number of carbonyl (C=O) groups excluding carboxylic acids is 2. The summed E-state index contributed by atoms with van der Waals surface area (Å²) in [5, 5.41) is 2.73. The maximum Gasteiger partial charge on any atom is 0.240 e. The van der Waals surface area contributed by atoms with Crippen LogP contribution in [-0.4, -0.2) is 24.4 Å². The molecule has 0 unspecified atom stereocenters. The van der Waals surface area contributed by atoms with E-state index in [9.17, 15) is 9.59 Å². The van der Waals surface area contributed by atoms with Crippen LogP contribution in [0, 0.1) is 5.92 Å². The Bertz CT molecular complexity index is 275. The summed E-state index contributed by atoms with van der Waals surface area (Å²) in [6, 6.07) is -0.515. The molecule has 5 N–H and O–H groups in total. The fourth-order valence-corrected chi connectivity index (χ4v) is 2.53. The second-order valence-corrected chi connectivity index (χ2v) is 5.15. The van der Waals surface area contributed by atoms with Gasteiger partial charge in [-0.25, -0.2) is 0 Å². The van der Waals surface area contributed by atoms with Crippen molar-refractivity contribution in [3.8, 4) is 0 Å². The number of carbonyl (C=O) groups is 2. The molecule has 0 bridgehead atoms. The third kappa shape index (κ3) is 5.49. The first-order valence-electron chi connectivity index (χ1n) is 6.92. The van der Waals surface area contributed by atoms with Crippen molar-refractivity contribution in [1.82, 2.24) is 5.32 Å². The molecule has 0 radical (unpaired) electrons. The van der Waals surface area contributed by atoms with E-state index in [-0.39, 0.29) is 5.91 Å².